The second-order valence-electron chi connectivity index (χ2n) is 8.81. The first-order chi connectivity index (χ1) is 17.1. The molecule has 0 radical (unpaired) electrons. The van der Waals surface area contributed by atoms with Crippen LogP contribution in [0, 0.1) is 0 Å². The lowest BCUT2D eigenvalue weighted by Crippen LogP contribution is -2.28. The molecule has 36 heavy (non-hydrogen) atoms. The zero-order valence-corrected chi connectivity index (χ0v) is 20.4. The Balaban J connectivity index is 1.52. The van der Waals surface area contributed by atoms with E-state index in [4.69, 9.17) is 16.3 Å². The van der Waals surface area contributed by atoms with Gasteiger partial charge in [-0.1, -0.05) is 36.7 Å². The zero-order chi connectivity index (χ0) is 25.7. The smallest absolute Gasteiger partial charge is 0.366 e. The molecule has 184 valence electrons. The third-order valence-electron chi connectivity index (χ3n) is 6.05. The number of aryl methyl sites for hydroxylation is 1. The molecule has 0 fully saturated rings. The Kier molecular flexibility index (Phi) is 5.71. The van der Waals surface area contributed by atoms with Gasteiger partial charge in [-0.15, -0.1) is 5.10 Å². The van der Waals surface area contributed by atoms with E-state index >= 15 is 0 Å². The van der Waals surface area contributed by atoms with Gasteiger partial charge in [0.1, 0.15) is 17.8 Å². The molecule has 11 nitrogen and oxygen atoms in total. The SMILES string of the molecule is CC(C)c1cc(C(=O)N2Cc3ccc(Cl)cc3C2)c(OC(=O)c2ncn3c(=O)n(C)nnc23)cc1O. The largest absolute Gasteiger partial charge is 0.508 e. The van der Waals surface area contributed by atoms with E-state index in [1.165, 1.54) is 19.2 Å². The number of ether oxygens (including phenoxy) is 1. The van der Waals surface area contributed by atoms with Crippen molar-refractivity contribution >= 4 is 29.1 Å². The molecule has 5 rings (SSSR count). The number of hydrogen-bond donors (Lipinski definition) is 1. The van der Waals surface area contributed by atoms with Crippen LogP contribution in [0.5, 0.6) is 11.5 Å². The van der Waals surface area contributed by atoms with Crippen molar-refractivity contribution in [1.82, 2.24) is 29.3 Å². The highest BCUT2D eigenvalue weighted by Crippen LogP contribution is 2.36. The fourth-order valence-corrected chi connectivity index (χ4v) is 4.34. The molecule has 1 N–H and O–H groups in total. The van der Waals surface area contributed by atoms with Crippen LogP contribution >= 0.6 is 11.6 Å². The third kappa shape index (κ3) is 3.97. The lowest BCUT2D eigenvalue weighted by Gasteiger charge is -2.20. The Morgan fingerprint density at radius 2 is 1.89 bits per heavy atom. The number of amides is 1. The van der Waals surface area contributed by atoms with E-state index in [1.807, 2.05) is 26.0 Å². The summed E-state index contributed by atoms with van der Waals surface area (Å²) in [6.45, 7) is 4.45. The molecule has 0 saturated carbocycles. The normalized spacial score (nSPS) is 12.9. The number of esters is 1. The minimum atomic E-state index is -0.956. The molecule has 2 aromatic heterocycles. The standard InChI is InChI=1S/C24H21ClN6O5/c1-12(2)16-7-17(22(33)30-9-13-4-5-15(25)6-14(13)10-30)19(8-18(16)32)36-23(34)20-21-27-28-29(3)24(35)31(21)11-26-20/h4-8,11-12,32H,9-10H2,1-3H3. The van der Waals surface area contributed by atoms with E-state index < -0.39 is 11.7 Å². The summed E-state index contributed by atoms with van der Waals surface area (Å²) in [6.07, 6.45) is 1.14. The molecule has 0 unspecified atom stereocenters. The molecule has 0 aliphatic carbocycles. The summed E-state index contributed by atoms with van der Waals surface area (Å²) in [5, 5.41) is 18.7. The molecule has 12 heteroatoms. The topological polar surface area (TPSA) is 132 Å². The van der Waals surface area contributed by atoms with Crippen molar-refractivity contribution in [2.24, 2.45) is 7.05 Å². The number of halogens is 1. The third-order valence-corrected chi connectivity index (χ3v) is 6.29. The Morgan fingerprint density at radius 3 is 2.64 bits per heavy atom. The van der Waals surface area contributed by atoms with Crippen LogP contribution in [0.1, 0.15) is 57.3 Å². The van der Waals surface area contributed by atoms with Gasteiger partial charge in [0.15, 0.2) is 11.3 Å². The molecule has 0 spiro atoms. The first-order valence-corrected chi connectivity index (χ1v) is 11.4. The van der Waals surface area contributed by atoms with Crippen molar-refractivity contribution in [1.29, 1.82) is 0 Å². The number of rotatable bonds is 4. The van der Waals surface area contributed by atoms with Gasteiger partial charge < -0.3 is 14.7 Å². The molecule has 2 aromatic carbocycles. The van der Waals surface area contributed by atoms with Crippen LogP contribution in [0.15, 0.2) is 41.5 Å². The number of imidazole rings is 1. The fourth-order valence-electron chi connectivity index (χ4n) is 4.15. The summed E-state index contributed by atoms with van der Waals surface area (Å²) in [5.41, 5.74) is 1.64. The fraction of sp³-hybridized carbons (Fsp3) is 0.250. The molecular formula is C24H21ClN6O5. The summed E-state index contributed by atoms with van der Waals surface area (Å²) in [5.74, 6) is -1.69. The van der Waals surface area contributed by atoms with Gasteiger partial charge in [-0.25, -0.2) is 19.0 Å². The molecule has 3 heterocycles. The van der Waals surface area contributed by atoms with Crippen LogP contribution in [0.25, 0.3) is 5.65 Å². The molecule has 0 atom stereocenters. The maximum absolute atomic E-state index is 13.6. The number of hydrogen-bond acceptors (Lipinski definition) is 8. The van der Waals surface area contributed by atoms with Gasteiger partial charge in [-0.05, 0) is 40.8 Å². The van der Waals surface area contributed by atoms with Crippen LogP contribution in [-0.4, -0.2) is 46.3 Å². The molecule has 0 saturated heterocycles. The van der Waals surface area contributed by atoms with Crippen molar-refractivity contribution in [3.05, 3.63) is 80.1 Å². The number of carbonyl (C=O) groups excluding carboxylic acids is 2. The number of nitrogens with zero attached hydrogens (tertiary/aromatic N) is 6. The van der Waals surface area contributed by atoms with Crippen molar-refractivity contribution < 1.29 is 19.4 Å². The molecule has 0 bridgehead atoms. The van der Waals surface area contributed by atoms with Crippen molar-refractivity contribution in [2.75, 3.05) is 0 Å². The highest BCUT2D eigenvalue weighted by atomic mass is 35.5. The number of aromatic nitrogens is 5. The number of fused-ring (bicyclic) bond motifs is 2. The lowest BCUT2D eigenvalue weighted by molar-refractivity contribution is 0.0710. The summed E-state index contributed by atoms with van der Waals surface area (Å²) < 4.78 is 7.59. The minimum absolute atomic E-state index is 0.0918. The Morgan fingerprint density at radius 1 is 1.14 bits per heavy atom. The highest BCUT2D eigenvalue weighted by Gasteiger charge is 2.29. The van der Waals surface area contributed by atoms with E-state index in [-0.39, 0.29) is 40.2 Å². The monoisotopic (exact) mass is 508 g/mol. The maximum Gasteiger partial charge on any atom is 0.366 e. The average Bonchev–Trinajstić information content (AvgIpc) is 3.45. The van der Waals surface area contributed by atoms with Crippen LogP contribution < -0.4 is 10.4 Å². The first-order valence-electron chi connectivity index (χ1n) is 11.1. The highest BCUT2D eigenvalue weighted by molar-refractivity contribution is 6.30. The number of phenolic OH excluding ortho intramolecular Hbond substituents is 1. The quantitative estimate of drug-likeness (QED) is 0.329. The molecule has 4 aromatic rings. The average molecular weight is 509 g/mol. The van der Waals surface area contributed by atoms with Crippen LogP contribution in [0.3, 0.4) is 0 Å². The predicted molar refractivity (Wildman–Crippen MR) is 128 cm³/mol. The molecule has 1 aliphatic heterocycles. The minimum Gasteiger partial charge on any atom is -0.508 e. The van der Waals surface area contributed by atoms with Crippen molar-refractivity contribution in [3.8, 4) is 11.5 Å². The number of phenols is 1. The van der Waals surface area contributed by atoms with Crippen LogP contribution in [-0.2, 0) is 20.1 Å². The Bertz CT molecular complexity index is 1610. The zero-order valence-electron chi connectivity index (χ0n) is 19.6. The number of benzene rings is 2. The van der Waals surface area contributed by atoms with E-state index in [2.05, 4.69) is 15.3 Å². The predicted octanol–water partition coefficient (Wildman–Crippen LogP) is 2.68. The van der Waals surface area contributed by atoms with Gasteiger partial charge in [0.05, 0.1) is 5.56 Å². The molecule has 1 aliphatic rings. The number of carbonyl (C=O) groups is 2. The van der Waals surface area contributed by atoms with Gasteiger partial charge >= 0.3 is 11.7 Å². The van der Waals surface area contributed by atoms with Gasteiger partial charge in [0.25, 0.3) is 5.91 Å². The summed E-state index contributed by atoms with van der Waals surface area (Å²) >= 11 is 6.11. The summed E-state index contributed by atoms with van der Waals surface area (Å²) in [6, 6.07) is 8.23. The van der Waals surface area contributed by atoms with Gasteiger partial charge in [-0.3, -0.25) is 4.79 Å². The van der Waals surface area contributed by atoms with E-state index in [0.29, 0.717) is 23.7 Å². The van der Waals surface area contributed by atoms with Crippen LogP contribution in [0.4, 0.5) is 0 Å². The lowest BCUT2D eigenvalue weighted by atomic mass is 9.98. The van der Waals surface area contributed by atoms with Gasteiger partial charge in [0, 0.05) is 31.2 Å². The number of aromatic hydroxyl groups is 1. The van der Waals surface area contributed by atoms with Crippen molar-refractivity contribution in [3.63, 3.8) is 0 Å². The maximum atomic E-state index is 13.6. The summed E-state index contributed by atoms with van der Waals surface area (Å²) in [4.78, 5) is 44.4. The molecule has 1 amide bonds. The van der Waals surface area contributed by atoms with E-state index in [1.54, 1.807) is 11.0 Å². The van der Waals surface area contributed by atoms with E-state index in [0.717, 1.165) is 26.5 Å². The van der Waals surface area contributed by atoms with Gasteiger partial charge in [0.2, 0.25) is 0 Å². The Hall–Kier alpha value is -4.25. The second kappa shape index (κ2) is 8.76. The van der Waals surface area contributed by atoms with E-state index in [9.17, 15) is 19.5 Å². The second-order valence-corrected chi connectivity index (χ2v) is 9.24. The van der Waals surface area contributed by atoms with Crippen LogP contribution in [0.2, 0.25) is 5.02 Å². The first kappa shape index (κ1) is 23.5. The Labute approximate surface area is 209 Å². The van der Waals surface area contributed by atoms with Crippen molar-refractivity contribution in [2.45, 2.75) is 32.9 Å². The summed E-state index contributed by atoms with van der Waals surface area (Å²) in [7, 11) is 1.41. The van der Waals surface area contributed by atoms with Gasteiger partial charge in [-0.2, -0.15) is 4.68 Å². The molecular weight excluding hydrogens is 488 g/mol.